The number of hydrogen-bond donors (Lipinski definition) is 0. The molecule has 0 radical (unpaired) electrons. The van der Waals surface area contributed by atoms with Crippen LogP contribution in [0.3, 0.4) is 0 Å². The Morgan fingerprint density at radius 2 is 2.12 bits per heavy atom. The molecule has 0 unspecified atom stereocenters. The minimum Gasteiger partial charge on any atom is -0.368 e. The molecule has 1 aromatic rings. The summed E-state index contributed by atoms with van der Waals surface area (Å²) in [6, 6.07) is 4.84. The highest BCUT2D eigenvalue weighted by Crippen LogP contribution is 2.44. The van der Waals surface area contributed by atoms with Crippen LogP contribution in [0.2, 0.25) is 10.0 Å². The Morgan fingerprint density at radius 3 is 2.85 bits per heavy atom. The highest BCUT2D eigenvalue weighted by Gasteiger charge is 2.50. The minimum atomic E-state index is -3.14. The Bertz CT molecular complexity index is 884. The number of nitrogens with zero attached hydrogens (tertiary/aromatic N) is 2. The lowest BCUT2D eigenvalue weighted by Crippen LogP contribution is -2.38. The summed E-state index contributed by atoms with van der Waals surface area (Å²) in [5.41, 5.74) is 0.565. The average molecular weight is 435 g/mol. The van der Waals surface area contributed by atoms with Crippen LogP contribution in [0, 0.1) is 0 Å². The van der Waals surface area contributed by atoms with E-state index >= 15 is 0 Å². The number of anilines is 1. The Labute approximate surface area is 165 Å². The smallest absolute Gasteiger partial charge is 0.277 e. The number of sulfone groups is 1. The molecule has 3 atom stereocenters. The number of halogens is 2. The van der Waals surface area contributed by atoms with Gasteiger partial charge in [0, 0.05) is 11.9 Å². The van der Waals surface area contributed by atoms with Crippen molar-refractivity contribution >= 4 is 61.6 Å². The third-order valence-corrected chi connectivity index (χ3v) is 8.69. The predicted octanol–water partition coefficient (Wildman–Crippen LogP) is 2.77. The number of fused-ring (bicyclic) bond motifs is 1. The maximum absolute atomic E-state index is 12.4. The van der Waals surface area contributed by atoms with E-state index in [9.17, 15) is 13.2 Å². The van der Waals surface area contributed by atoms with Gasteiger partial charge in [-0.1, -0.05) is 41.0 Å². The summed E-state index contributed by atoms with van der Waals surface area (Å²) in [6.07, 6.45) is 0.963. The SMILES string of the molecule is O=C(N=C1S[C@@H]2CS(=O)(=O)C[C@H]2N1c1cccc(Cl)c1Cl)[C@@H]1CCCO1. The molecule has 0 saturated carbocycles. The molecule has 0 bridgehead atoms. The van der Waals surface area contributed by atoms with Crippen LogP contribution in [-0.4, -0.2) is 55.0 Å². The number of benzene rings is 1. The van der Waals surface area contributed by atoms with E-state index in [0.717, 1.165) is 6.42 Å². The van der Waals surface area contributed by atoms with Gasteiger partial charge >= 0.3 is 0 Å². The van der Waals surface area contributed by atoms with Crippen molar-refractivity contribution in [2.45, 2.75) is 30.2 Å². The number of hydrogen-bond acceptors (Lipinski definition) is 5. The van der Waals surface area contributed by atoms with Gasteiger partial charge in [-0.15, -0.1) is 0 Å². The summed E-state index contributed by atoms with van der Waals surface area (Å²) < 4.78 is 29.6. The molecule has 3 heterocycles. The summed E-state index contributed by atoms with van der Waals surface area (Å²) in [4.78, 5) is 18.5. The molecule has 3 fully saturated rings. The number of amidine groups is 1. The molecule has 26 heavy (non-hydrogen) atoms. The van der Waals surface area contributed by atoms with E-state index in [0.29, 0.717) is 33.9 Å². The first-order chi connectivity index (χ1) is 12.4. The van der Waals surface area contributed by atoms with Gasteiger partial charge in [-0.3, -0.25) is 4.79 Å². The Hall–Kier alpha value is -0.800. The van der Waals surface area contributed by atoms with Gasteiger partial charge in [0.1, 0.15) is 6.10 Å². The monoisotopic (exact) mass is 434 g/mol. The quantitative estimate of drug-likeness (QED) is 0.711. The number of carbonyl (C=O) groups excluding carboxylic acids is 1. The van der Waals surface area contributed by atoms with Crippen molar-refractivity contribution in [3.8, 4) is 0 Å². The predicted molar refractivity (Wildman–Crippen MR) is 104 cm³/mol. The molecule has 0 aromatic heterocycles. The van der Waals surface area contributed by atoms with Crippen LogP contribution in [0.4, 0.5) is 5.69 Å². The molecule has 0 spiro atoms. The molecule has 1 aromatic carbocycles. The summed E-state index contributed by atoms with van der Waals surface area (Å²) in [5.74, 6) is -0.277. The number of amides is 1. The van der Waals surface area contributed by atoms with Crippen LogP contribution in [0.5, 0.6) is 0 Å². The van der Waals surface area contributed by atoms with Gasteiger partial charge in [0.2, 0.25) is 0 Å². The Morgan fingerprint density at radius 1 is 1.31 bits per heavy atom. The van der Waals surface area contributed by atoms with Crippen LogP contribution in [-0.2, 0) is 19.4 Å². The second-order valence-electron chi connectivity index (χ2n) is 6.48. The molecule has 3 aliphatic rings. The summed E-state index contributed by atoms with van der Waals surface area (Å²) in [6.45, 7) is 0.557. The van der Waals surface area contributed by atoms with Crippen molar-refractivity contribution < 1.29 is 17.9 Å². The van der Waals surface area contributed by atoms with E-state index in [4.69, 9.17) is 27.9 Å². The van der Waals surface area contributed by atoms with Gasteiger partial charge in [-0.25, -0.2) is 8.42 Å². The highest BCUT2D eigenvalue weighted by molar-refractivity contribution is 8.16. The van der Waals surface area contributed by atoms with Gasteiger partial charge in [-0.05, 0) is 25.0 Å². The lowest BCUT2D eigenvalue weighted by Gasteiger charge is -2.26. The molecule has 140 valence electrons. The zero-order valence-electron chi connectivity index (χ0n) is 13.6. The Balaban J connectivity index is 1.73. The molecule has 10 heteroatoms. The van der Waals surface area contributed by atoms with Crippen molar-refractivity contribution in [2.75, 3.05) is 23.0 Å². The van der Waals surface area contributed by atoms with Gasteiger partial charge < -0.3 is 9.64 Å². The van der Waals surface area contributed by atoms with Crippen LogP contribution in [0.25, 0.3) is 0 Å². The second-order valence-corrected chi connectivity index (χ2v) is 10.6. The van der Waals surface area contributed by atoms with Crippen LogP contribution in [0.15, 0.2) is 23.2 Å². The van der Waals surface area contributed by atoms with Crippen LogP contribution >= 0.6 is 35.0 Å². The lowest BCUT2D eigenvalue weighted by molar-refractivity contribution is -0.126. The molecule has 1 amide bonds. The van der Waals surface area contributed by atoms with E-state index < -0.39 is 15.9 Å². The first kappa shape index (κ1) is 18.6. The number of rotatable bonds is 2. The molecular formula is C16H16Cl2N2O4S2. The van der Waals surface area contributed by atoms with Crippen molar-refractivity contribution in [3.05, 3.63) is 28.2 Å². The maximum atomic E-state index is 12.4. The van der Waals surface area contributed by atoms with Gasteiger partial charge in [0.05, 0.1) is 33.3 Å². The van der Waals surface area contributed by atoms with E-state index in [-0.39, 0.29) is 28.7 Å². The summed E-state index contributed by atoms with van der Waals surface area (Å²) in [5, 5.41) is 0.950. The van der Waals surface area contributed by atoms with Gasteiger partial charge in [-0.2, -0.15) is 4.99 Å². The first-order valence-electron chi connectivity index (χ1n) is 8.20. The zero-order chi connectivity index (χ0) is 18.5. The first-order valence-corrected chi connectivity index (χ1v) is 11.7. The molecule has 4 rings (SSSR count). The molecular weight excluding hydrogens is 419 g/mol. The maximum Gasteiger partial charge on any atom is 0.277 e. The largest absolute Gasteiger partial charge is 0.368 e. The fraction of sp³-hybridized carbons (Fsp3) is 0.500. The average Bonchev–Trinajstić information content (AvgIpc) is 3.25. The van der Waals surface area contributed by atoms with E-state index in [1.165, 1.54) is 11.8 Å². The van der Waals surface area contributed by atoms with Crippen molar-refractivity contribution in [2.24, 2.45) is 4.99 Å². The summed E-state index contributed by atoms with van der Waals surface area (Å²) >= 11 is 13.8. The van der Waals surface area contributed by atoms with E-state index in [1.54, 1.807) is 23.1 Å². The molecule has 0 aliphatic carbocycles. The van der Waals surface area contributed by atoms with Crippen LogP contribution in [0.1, 0.15) is 12.8 Å². The second kappa shape index (κ2) is 6.98. The van der Waals surface area contributed by atoms with Crippen LogP contribution < -0.4 is 4.90 Å². The minimum absolute atomic E-state index is 0.000643. The van der Waals surface area contributed by atoms with Crippen molar-refractivity contribution in [1.29, 1.82) is 0 Å². The van der Waals surface area contributed by atoms with E-state index in [2.05, 4.69) is 4.99 Å². The molecule has 6 nitrogen and oxygen atoms in total. The van der Waals surface area contributed by atoms with Crippen molar-refractivity contribution in [3.63, 3.8) is 0 Å². The fourth-order valence-corrected chi connectivity index (χ4v) is 7.76. The zero-order valence-corrected chi connectivity index (χ0v) is 16.7. The third kappa shape index (κ3) is 3.38. The van der Waals surface area contributed by atoms with Gasteiger partial charge in [0.15, 0.2) is 15.0 Å². The number of thioether (sulfide) groups is 1. The van der Waals surface area contributed by atoms with Gasteiger partial charge in [0.25, 0.3) is 5.91 Å². The molecule has 0 N–H and O–H groups in total. The lowest BCUT2D eigenvalue weighted by atomic mass is 10.2. The fourth-order valence-electron chi connectivity index (χ4n) is 3.46. The molecule has 3 saturated heterocycles. The van der Waals surface area contributed by atoms with Crippen molar-refractivity contribution in [1.82, 2.24) is 0 Å². The topological polar surface area (TPSA) is 76.0 Å². The number of ether oxygens (including phenoxy) is 1. The standard InChI is InChI=1S/C16H16Cl2N2O4S2/c17-9-3-1-4-10(14(9)18)20-11-7-26(22,23)8-13(11)25-16(20)19-15(21)12-5-2-6-24-12/h1,3-4,11-13H,2,5-8H2/t11-,12+,13-/m1/s1. The third-order valence-electron chi connectivity index (χ3n) is 4.67. The van der Waals surface area contributed by atoms with E-state index in [1.807, 2.05) is 0 Å². The highest BCUT2D eigenvalue weighted by atomic mass is 35.5. The summed E-state index contributed by atoms with van der Waals surface area (Å²) in [7, 11) is -3.14. The number of carbonyl (C=O) groups is 1. The Kier molecular flexibility index (Phi) is 4.98. The normalized spacial score (nSPS) is 31.5. The molecule has 3 aliphatic heterocycles. The number of aliphatic imine (C=N–C) groups is 1.